The third-order valence-corrected chi connectivity index (χ3v) is 3.42. The molecule has 13 heavy (non-hydrogen) atoms. The molecule has 0 aliphatic carbocycles. The Bertz CT molecular complexity index is 245. The molecule has 1 aromatic heterocycles. The van der Waals surface area contributed by atoms with E-state index in [-0.39, 0.29) is 0 Å². The van der Waals surface area contributed by atoms with Gasteiger partial charge >= 0.3 is 0 Å². The second-order valence-electron chi connectivity index (χ2n) is 3.60. The summed E-state index contributed by atoms with van der Waals surface area (Å²) < 4.78 is 1.96. The monoisotopic (exact) mass is 244 g/mol. The third kappa shape index (κ3) is 3.51. The molecule has 2 nitrogen and oxygen atoms in total. The first-order valence-electron chi connectivity index (χ1n) is 4.77. The van der Waals surface area contributed by atoms with Gasteiger partial charge in [-0.1, -0.05) is 22.9 Å². The van der Waals surface area contributed by atoms with Crippen molar-refractivity contribution in [3.8, 4) is 0 Å². The predicted octanol–water partition coefficient (Wildman–Crippen LogP) is 2.77. The molecule has 74 valence electrons. The van der Waals surface area contributed by atoms with Crippen molar-refractivity contribution in [1.82, 2.24) is 9.78 Å². The van der Waals surface area contributed by atoms with Crippen molar-refractivity contribution >= 4 is 15.9 Å². The van der Waals surface area contributed by atoms with Crippen LogP contribution in [0, 0.1) is 5.92 Å². The fraction of sp³-hybridized carbons (Fsp3) is 0.700. The lowest BCUT2D eigenvalue weighted by Crippen LogP contribution is -2.01. The van der Waals surface area contributed by atoms with E-state index in [1.807, 2.05) is 17.9 Å². The molecule has 1 rings (SSSR count). The summed E-state index contributed by atoms with van der Waals surface area (Å²) in [6, 6.07) is 2.10. The molecule has 0 aromatic carbocycles. The molecule has 0 saturated heterocycles. The summed E-state index contributed by atoms with van der Waals surface area (Å²) in [5, 5.41) is 5.25. The Morgan fingerprint density at radius 2 is 2.38 bits per heavy atom. The van der Waals surface area contributed by atoms with Crippen molar-refractivity contribution in [2.75, 3.05) is 5.33 Å². The van der Waals surface area contributed by atoms with E-state index < -0.39 is 0 Å². The fourth-order valence-corrected chi connectivity index (χ4v) is 1.68. The summed E-state index contributed by atoms with van der Waals surface area (Å²) in [5.41, 5.74) is 1.33. The van der Waals surface area contributed by atoms with E-state index in [1.54, 1.807) is 0 Å². The van der Waals surface area contributed by atoms with Gasteiger partial charge in [-0.25, -0.2) is 0 Å². The second kappa shape index (κ2) is 5.43. The van der Waals surface area contributed by atoms with Crippen molar-refractivity contribution in [2.24, 2.45) is 13.0 Å². The molecule has 0 bridgehead atoms. The van der Waals surface area contributed by atoms with Crippen molar-refractivity contribution < 1.29 is 0 Å². The van der Waals surface area contributed by atoms with Crippen LogP contribution in [0.25, 0.3) is 0 Å². The van der Waals surface area contributed by atoms with Crippen LogP contribution in [0.4, 0.5) is 0 Å². The van der Waals surface area contributed by atoms with Crippen LogP contribution in [-0.2, 0) is 13.5 Å². The highest BCUT2D eigenvalue weighted by Gasteiger charge is 2.01. The van der Waals surface area contributed by atoms with Crippen LogP contribution >= 0.6 is 15.9 Å². The van der Waals surface area contributed by atoms with Gasteiger partial charge < -0.3 is 0 Å². The molecular weight excluding hydrogens is 228 g/mol. The molecule has 1 heterocycles. The van der Waals surface area contributed by atoms with E-state index in [4.69, 9.17) is 0 Å². The normalized spacial score (nSPS) is 13.2. The zero-order valence-corrected chi connectivity index (χ0v) is 9.92. The van der Waals surface area contributed by atoms with E-state index in [0.717, 1.165) is 17.7 Å². The topological polar surface area (TPSA) is 17.8 Å². The van der Waals surface area contributed by atoms with Crippen LogP contribution in [0.15, 0.2) is 12.3 Å². The van der Waals surface area contributed by atoms with Gasteiger partial charge in [0.15, 0.2) is 0 Å². The van der Waals surface area contributed by atoms with Gasteiger partial charge in [0.2, 0.25) is 0 Å². The van der Waals surface area contributed by atoms with Crippen LogP contribution in [0.2, 0.25) is 0 Å². The predicted molar refractivity (Wildman–Crippen MR) is 59.1 cm³/mol. The molecule has 1 aromatic rings. The Morgan fingerprint density at radius 1 is 1.62 bits per heavy atom. The summed E-state index contributed by atoms with van der Waals surface area (Å²) in [4.78, 5) is 0. The van der Waals surface area contributed by atoms with E-state index in [0.29, 0.717) is 0 Å². The number of nitrogens with zero attached hydrogens (tertiary/aromatic N) is 2. The summed E-state index contributed by atoms with van der Waals surface area (Å²) in [7, 11) is 2.00. The lowest BCUT2D eigenvalue weighted by atomic mass is 10.1. The van der Waals surface area contributed by atoms with Crippen molar-refractivity contribution in [3.63, 3.8) is 0 Å². The molecular formula is C10H17BrN2. The molecule has 0 radical (unpaired) electrons. The lowest BCUT2D eigenvalue weighted by Gasteiger charge is -2.06. The van der Waals surface area contributed by atoms with Gasteiger partial charge in [-0.2, -0.15) is 5.10 Å². The molecule has 0 N–H and O–H groups in total. The minimum atomic E-state index is 0.785. The molecule has 0 saturated carbocycles. The van der Waals surface area contributed by atoms with Crippen LogP contribution in [0.5, 0.6) is 0 Å². The SMILES string of the molecule is CC(CBr)CCCc1ccnn1C. The first-order valence-corrected chi connectivity index (χ1v) is 5.89. The summed E-state index contributed by atoms with van der Waals surface area (Å²) >= 11 is 3.49. The van der Waals surface area contributed by atoms with Gasteiger partial charge in [0, 0.05) is 24.3 Å². The maximum atomic E-state index is 4.14. The summed E-state index contributed by atoms with van der Waals surface area (Å²) in [5.74, 6) is 0.785. The Balaban J connectivity index is 2.24. The Hall–Kier alpha value is -0.310. The highest BCUT2D eigenvalue weighted by molar-refractivity contribution is 9.09. The first kappa shape index (κ1) is 10.8. The third-order valence-electron chi connectivity index (χ3n) is 2.32. The standard InChI is InChI=1S/C10H17BrN2/c1-9(8-11)4-3-5-10-6-7-12-13(10)2/h6-7,9H,3-5,8H2,1-2H3. The summed E-state index contributed by atoms with van der Waals surface area (Å²) in [6.45, 7) is 2.28. The van der Waals surface area contributed by atoms with Gasteiger partial charge in [-0.05, 0) is 31.2 Å². The zero-order valence-electron chi connectivity index (χ0n) is 8.33. The van der Waals surface area contributed by atoms with Crippen molar-refractivity contribution in [3.05, 3.63) is 18.0 Å². The minimum Gasteiger partial charge on any atom is -0.273 e. The number of halogens is 1. The number of aromatic nitrogens is 2. The Labute approximate surface area is 88.5 Å². The van der Waals surface area contributed by atoms with E-state index in [1.165, 1.54) is 18.5 Å². The molecule has 0 aliphatic heterocycles. The molecule has 0 amide bonds. The quantitative estimate of drug-likeness (QED) is 0.729. The van der Waals surface area contributed by atoms with Gasteiger partial charge in [-0.15, -0.1) is 0 Å². The van der Waals surface area contributed by atoms with Gasteiger partial charge in [0.25, 0.3) is 0 Å². The fourth-order valence-electron chi connectivity index (χ4n) is 1.36. The smallest absolute Gasteiger partial charge is 0.0492 e. The van der Waals surface area contributed by atoms with E-state index >= 15 is 0 Å². The van der Waals surface area contributed by atoms with Crippen LogP contribution in [0.1, 0.15) is 25.5 Å². The number of rotatable bonds is 5. The summed E-state index contributed by atoms with van der Waals surface area (Å²) in [6.07, 6.45) is 5.56. The average Bonchev–Trinajstić information content (AvgIpc) is 2.52. The van der Waals surface area contributed by atoms with E-state index in [9.17, 15) is 0 Å². The lowest BCUT2D eigenvalue weighted by molar-refractivity contribution is 0.554. The van der Waals surface area contributed by atoms with Gasteiger partial charge in [0.1, 0.15) is 0 Å². The molecule has 3 heteroatoms. The number of aryl methyl sites for hydroxylation is 2. The highest BCUT2D eigenvalue weighted by Crippen LogP contribution is 2.11. The molecule has 0 fully saturated rings. The maximum Gasteiger partial charge on any atom is 0.0492 e. The first-order chi connectivity index (χ1) is 6.24. The minimum absolute atomic E-state index is 0.785. The molecule has 1 unspecified atom stereocenters. The van der Waals surface area contributed by atoms with Crippen LogP contribution in [-0.4, -0.2) is 15.1 Å². The Morgan fingerprint density at radius 3 is 2.92 bits per heavy atom. The maximum absolute atomic E-state index is 4.14. The van der Waals surface area contributed by atoms with Crippen molar-refractivity contribution in [2.45, 2.75) is 26.2 Å². The van der Waals surface area contributed by atoms with E-state index in [2.05, 4.69) is 34.0 Å². The molecule has 0 spiro atoms. The van der Waals surface area contributed by atoms with Crippen molar-refractivity contribution in [1.29, 1.82) is 0 Å². The van der Waals surface area contributed by atoms with Gasteiger partial charge in [-0.3, -0.25) is 4.68 Å². The second-order valence-corrected chi connectivity index (χ2v) is 4.25. The molecule has 0 aliphatic rings. The van der Waals surface area contributed by atoms with Crippen LogP contribution in [0.3, 0.4) is 0 Å². The number of alkyl halides is 1. The van der Waals surface area contributed by atoms with Crippen LogP contribution < -0.4 is 0 Å². The van der Waals surface area contributed by atoms with Gasteiger partial charge in [0.05, 0.1) is 0 Å². The number of hydrogen-bond donors (Lipinski definition) is 0. The highest BCUT2D eigenvalue weighted by atomic mass is 79.9. The number of hydrogen-bond acceptors (Lipinski definition) is 1. The average molecular weight is 245 g/mol. The largest absolute Gasteiger partial charge is 0.273 e. The molecule has 1 atom stereocenters. The zero-order chi connectivity index (χ0) is 9.68. The Kier molecular flexibility index (Phi) is 4.50.